The summed E-state index contributed by atoms with van der Waals surface area (Å²) in [5, 5.41) is 11.6. The molecule has 2 aliphatic rings. The Hall–Kier alpha value is -3.17. The highest BCUT2D eigenvalue weighted by Crippen LogP contribution is 2.54. The number of hydrogen-bond donors (Lipinski definition) is 1. The molecule has 1 N–H and O–H groups in total. The van der Waals surface area contributed by atoms with E-state index in [0.29, 0.717) is 18.6 Å². The van der Waals surface area contributed by atoms with Gasteiger partial charge in [0.2, 0.25) is 0 Å². The molecule has 0 bridgehead atoms. The maximum Gasteiger partial charge on any atom is 0.338 e. The summed E-state index contributed by atoms with van der Waals surface area (Å²) in [7, 11) is 0. The lowest BCUT2D eigenvalue weighted by Crippen LogP contribution is -2.31. The van der Waals surface area contributed by atoms with Gasteiger partial charge in [-0.3, -0.25) is 0 Å². The molecule has 0 unspecified atom stereocenters. The van der Waals surface area contributed by atoms with Crippen LogP contribution in [0.1, 0.15) is 51.2 Å². The lowest BCUT2D eigenvalue weighted by Gasteiger charge is -2.35. The fourth-order valence-corrected chi connectivity index (χ4v) is 5.20. The van der Waals surface area contributed by atoms with Crippen molar-refractivity contribution in [2.24, 2.45) is 5.41 Å². The third-order valence-corrected chi connectivity index (χ3v) is 6.77. The summed E-state index contributed by atoms with van der Waals surface area (Å²) in [6, 6.07) is 24.3. The maximum atomic E-state index is 12.0. The Morgan fingerprint density at radius 3 is 2.42 bits per heavy atom. The zero-order valence-electron chi connectivity index (χ0n) is 17.7. The number of fused-ring (bicyclic) bond motifs is 2. The summed E-state index contributed by atoms with van der Waals surface area (Å²) >= 11 is 0. The van der Waals surface area contributed by atoms with E-state index in [1.54, 1.807) is 0 Å². The minimum atomic E-state index is -0.561. The van der Waals surface area contributed by atoms with Gasteiger partial charge < -0.3 is 9.84 Å². The Bertz CT molecular complexity index is 1160. The highest BCUT2D eigenvalue weighted by atomic mass is 16.5. The van der Waals surface area contributed by atoms with Gasteiger partial charge in [-0.25, -0.2) is 4.79 Å². The molecule has 0 radical (unpaired) electrons. The van der Waals surface area contributed by atoms with Crippen molar-refractivity contribution in [3.63, 3.8) is 0 Å². The molecular formula is C28H26O3. The van der Waals surface area contributed by atoms with Crippen LogP contribution in [0.5, 0.6) is 0 Å². The van der Waals surface area contributed by atoms with Gasteiger partial charge in [0.05, 0.1) is 18.3 Å². The van der Waals surface area contributed by atoms with Gasteiger partial charge in [0.1, 0.15) is 0 Å². The van der Waals surface area contributed by atoms with Crippen LogP contribution < -0.4 is 0 Å². The Morgan fingerprint density at radius 1 is 1.00 bits per heavy atom. The van der Waals surface area contributed by atoms with Crippen LogP contribution in [-0.2, 0) is 24.0 Å². The zero-order chi connectivity index (χ0) is 21.4. The molecular weight excluding hydrogens is 384 g/mol. The molecule has 0 saturated heterocycles. The van der Waals surface area contributed by atoms with E-state index in [-0.39, 0.29) is 5.97 Å². The van der Waals surface area contributed by atoms with E-state index in [2.05, 4.69) is 36.4 Å². The van der Waals surface area contributed by atoms with Crippen molar-refractivity contribution in [2.45, 2.75) is 32.3 Å². The van der Waals surface area contributed by atoms with E-state index in [0.717, 1.165) is 24.0 Å². The summed E-state index contributed by atoms with van der Waals surface area (Å²) < 4.78 is 5.11. The summed E-state index contributed by atoms with van der Waals surface area (Å²) in [5.74, 6) is -0.300. The predicted octanol–water partition coefficient (Wildman–Crippen LogP) is 5.32. The summed E-state index contributed by atoms with van der Waals surface area (Å²) in [5.41, 5.74) is 7.37. The quantitative estimate of drug-likeness (QED) is 0.579. The van der Waals surface area contributed by atoms with Crippen LogP contribution in [0.2, 0.25) is 0 Å². The molecule has 156 valence electrons. The second-order valence-corrected chi connectivity index (χ2v) is 8.57. The number of rotatable bonds is 5. The monoisotopic (exact) mass is 410 g/mol. The predicted molar refractivity (Wildman–Crippen MR) is 122 cm³/mol. The number of hydrogen-bond acceptors (Lipinski definition) is 3. The number of aliphatic hydroxyl groups is 1. The highest BCUT2D eigenvalue weighted by Gasteiger charge is 2.48. The third kappa shape index (κ3) is 3.39. The van der Waals surface area contributed by atoms with E-state index >= 15 is 0 Å². The van der Waals surface area contributed by atoms with E-state index < -0.39 is 11.5 Å². The highest BCUT2D eigenvalue weighted by molar-refractivity contribution is 5.89. The molecule has 3 aromatic carbocycles. The average molecular weight is 411 g/mol. The van der Waals surface area contributed by atoms with Crippen molar-refractivity contribution >= 4 is 12.0 Å². The second-order valence-electron chi connectivity index (χ2n) is 8.57. The van der Waals surface area contributed by atoms with Crippen LogP contribution in [0, 0.1) is 5.41 Å². The van der Waals surface area contributed by atoms with Crippen molar-refractivity contribution in [2.75, 3.05) is 6.61 Å². The molecule has 3 nitrogen and oxygen atoms in total. The lowest BCUT2D eigenvalue weighted by atomic mass is 9.70. The van der Waals surface area contributed by atoms with Crippen LogP contribution in [0.3, 0.4) is 0 Å². The van der Waals surface area contributed by atoms with Gasteiger partial charge in [-0.1, -0.05) is 72.3 Å². The van der Waals surface area contributed by atoms with Gasteiger partial charge in [0, 0.05) is 5.41 Å². The summed E-state index contributed by atoms with van der Waals surface area (Å²) in [4.78, 5) is 12.0. The van der Waals surface area contributed by atoms with Gasteiger partial charge in [0.15, 0.2) is 0 Å². The largest absolute Gasteiger partial charge is 0.462 e. The van der Waals surface area contributed by atoms with Crippen molar-refractivity contribution in [3.05, 3.63) is 112 Å². The zero-order valence-corrected chi connectivity index (χ0v) is 17.7. The summed E-state index contributed by atoms with van der Waals surface area (Å²) in [6.45, 7) is 2.17. The third-order valence-electron chi connectivity index (χ3n) is 6.77. The van der Waals surface area contributed by atoms with E-state index in [9.17, 15) is 9.90 Å². The smallest absolute Gasteiger partial charge is 0.338 e. The molecule has 0 fully saturated rings. The van der Waals surface area contributed by atoms with Crippen LogP contribution >= 0.6 is 0 Å². The maximum absolute atomic E-state index is 12.0. The fourth-order valence-electron chi connectivity index (χ4n) is 5.20. The number of esters is 1. The number of benzene rings is 3. The van der Waals surface area contributed by atoms with Crippen molar-refractivity contribution in [3.8, 4) is 0 Å². The molecule has 2 aliphatic carbocycles. The topological polar surface area (TPSA) is 46.5 Å². The molecule has 0 spiro atoms. The van der Waals surface area contributed by atoms with Gasteiger partial charge in [0.25, 0.3) is 0 Å². The SMILES string of the molecule is CCOC(=O)c1ccc(C[C@@]2(C3=Cc4ccccc4C3)Cc3ccccc3[C@H]2O)cc1. The molecule has 5 rings (SSSR count). The Labute approximate surface area is 183 Å². The van der Waals surface area contributed by atoms with E-state index in [1.165, 1.54) is 22.3 Å². The van der Waals surface area contributed by atoms with Gasteiger partial charge in [-0.15, -0.1) is 0 Å². The van der Waals surface area contributed by atoms with Crippen LogP contribution in [-0.4, -0.2) is 17.7 Å². The molecule has 0 heterocycles. The number of carbonyl (C=O) groups is 1. The number of ether oxygens (including phenoxy) is 1. The minimum Gasteiger partial charge on any atom is -0.462 e. The van der Waals surface area contributed by atoms with E-state index in [4.69, 9.17) is 4.74 Å². The molecule has 0 aliphatic heterocycles. The van der Waals surface area contributed by atoms with Crippen LogP contribution in [0.4, 0.5) is 0 Å². The number of aliphatic hydroxyl groups excluding tert-OH is 1. The molecule has 0 aromatic heterocycles. The Kier molecular flexibility index (Phi) is 4.99. The van der Waals surface area contributed by atoms with Gasteiger partial charge in [-0.2, -0.15) is 0 Å². The lowest BCUT2D eigenvalue weighted by molar-refractivity contribution is 0.0526. The first kappa shape index (κ1) is 19.8. The normalized spacial score (nSPS) is 21.4. The van der Waals surface area contributed by atoms with Crippen molar-refractivity contribution in [1.82, 2.24) is 0 Å². The molecule has 3 heteroatoms. The molecule has 31 heavy (non-hydrogen) atoms. The van der Waals surface area contributed by atoms with Gasteiger partial charge in [-0.05, 0) is 66.1 Å². The first-order valence-electron chi connectivity index (χ1n) is 10.9. The average Bonchev–Trinajstić information content (AvgIpc) is 3.35. The first-order valence-corrected chi connectivity index (χ1v) is 10.9. The molecule has 0 saturated carbocycles. The van der Waals surface area contributed by atoms with Crippen molar-refractivity contribution in [1.29, 1.82) is 0 Å². The van der Waals surface area contributed by atoms with Crippen LogP contribution in [0.25, 0.3) is 6.08 Å². The number of carbonyl (C=O) groups excluding carboxylic acids is 1. The molecule has 2 atom stereocenters. The Balaban J connectivity index is 1.52. The van der Waals surface area contributed by atoms with Gasteiger partial charge >= 0.3 is 5.97 Å². The summed E-state index contributed by atoms with van der Waals surface area (Å²) in [6.07, 6.45) is 4.10. The first-order chi connectivity index (χ1) is 15.1. The van der Waals surface area contributed by atoms with Crippen molar-refractivity contribution < 1.29 is 14.6 Å². The Morgan fingerprint density at radius 2 is 1.71 bits per heavy atom. The molecule has 3 aromatic rings. The second kappa shape index (κ2) is 7.82. The minimum absolute atomic E-state index is 0.300. The molecule has 0 amide bonds. The standard InChI is InChI=1S/C28H26O3/c1-2-31-27(30)20-13-11-19(12-14-20)17-28(18-23-9-5-6-10-25(23)26(28)29)24-15-21-7-3-4-8-22(21)16-24/h3-15,26,29H,2,16-18H2,1H3/t26-,28+/m1/s1. The fraction of sp³-hybridized carbons (Fsp3) is 0.250. The van der Waals surface area contributed by atoms with Crippen LogP contribution in [0.15, 0.2) is 78.4 Å². The van der Waals surface area contributed by atoms with E-state index in [1.807, 2.05) is 49.4 Å².